The van der Waals surface area contributed by atoms with Crippen molar-refractivity contribution in [1.29, 1.82) is 0 Å². The van der Waals surface area contributed by atoms with Crippen LogP contribution in [0.25, 0.3) is 0 Å². The molecule has 0 saturated carbocycles. The molecule has 0 amide bonds. The van der Waals surface area contributed by atoms with Gasteiger partial charge in [0.05, 0.1) is 6.61 Å². The predicted octanol–water partition coefficient (Wildman–Crippen LogP) is 1.98. The molecule has 1 rings (SSSR count). The Kier molecular flexibility index (Phi) is 7.09. The summed E-state index contributed by atoms with van der Waals surface area (Å²) in [5.41, 5.74) is 0. The van der Waals surface area contributed by atoms with Gasteiger partial charge in [-0.25, -0.2) is 0 Å². The van der Waals surface area contributed by atoms with Crippen molar-refractivity contribution in [3.8, 4) is 0 Å². The molecule has 1 aliphatic rings. The highest BCUT2D eigenvalue weighted by atomic mass is 16.5. The van der Waals surface area contributed by atoms with E-state index in [9.17, 15) is 0 Å². The summed E-state index contributed by atoms with van der Waals surface area (Å²) in [6.45, 7) is 12.3. The quantitative estimate of drug-likeness (QED) is 0.704. The van der Waals surface area contributed by atoms with Gasteiger partial charge in [0.1, 0.15) is 0 Å². The molecule has 0 bridgehead atoms. The lowest BCUT2D eigenvalue weighted by Gasteiger charge is -2.31. The van der Waals surface area contributed by atoms with E-state index in [2.05, 4.69) is 38.0 Å². The van der Waals surface area contributed by atoms with Crippen LogP contribution in [0.1, 0.15) is 33.6 Å². The molecule has 3 heteroatoms. The summed E-state index contributed by atoms with van der Waals surface area (Å²) in [7, 11) is 2.08. The van der Waals surface area contributed by atoms with E-state index in [1.807, 2.05) is 0 Å². The van der Waals surface area contributed by atoms with Crippen LogP contribution in [-0.2, 0) is 4.74 Å². The Morgan fingerprint density at radius 3 is 2.59 bits per heavy atom. The zero-order valence-corrected chi connectivity index (χ0v) is 12.0. The first kappa shape index (κ1) is 14.9. The van der Waals surface area contributed by atoms with Gasteiger partial charge < -0.3 is 15.0 Å². The standard InChI is InChI=1S/C14H30N2O/c1-5-12(3)9-16(6-2)10-14(15-4)13-7-8-17-11-13/h12-15H,5-11H2,1-4H3. The van der Waals surface area contributed by atoms with Crippen LogP contribution in [0.3, 0.4) is 0 Å². The number of nitrogens with one attached hydrogen (secondary N) is 1. The van der Waals surface area contributed by atoms with Gasteiger partial charge in [-0.1, -0.05) is 27.2 Å². The van der Waals surface area contributed by atoms with Gasteiger partial charge in [0.15, 0.2) is 0 Å². The van der Waals surface area contributed by atoms with Crippen LogP contribution in [0.2, 0.25) is 0 Å². The molecule has 3 nitrogen and oxygen atoms in total. The third-order valence-corrected chi connectivity index (χ3v) is 4.07. The Morgan fingerprint density at radius 1 is 1.35 bits per heavy atom. The molecule has 0 aromatic heterocycles. The number of likely N-dealkylation sites (N-methyl/N-ethyl adjacent to an activating group) is 2. The predicted molar refractivity (Wildman–Crippen MR) is 73.3 cm³/mol. The van der Waals surface area contributed by atoms with Crippen molar-refractivity contribution in [3.63, 3.8) is 0 Å². The maximum atomic E-state index is 5.50. The summed E-state index contributed by atoms with van der Waals surface area (Å²) in [4.78, 5) is 2.58. The average Bonchev–Trinajstić information content (AvgIpc) is 2.87. The summed E-state index contributed by atoms with van der Waals surface area (Å²) >= 11 is 0. The van der Waals surface area contributed by atoms with Gasteiger partial charge in [0.25, 0.3) is 0 Å². The van der Waals surface area contributed by atoms with Crippen molar-refractivity contribution in [3.05, 3.63) is 0 Å². The highest BCUT2D eigenvalue weighted by Crippen LogP contribution is 2.18. The van der Waals surface area contributed by atoms with E-state index in [4.69, 9.17) is 4.74 Å². The molecule has 102 valence electrons. The SMILES string of the molecule is CCC(C)CN(CC)CC(NC)C1CCOC1. The van der Waals surface area contributed by atoms with Gasteiger partial charge in [0.2, 0.25) is 0 Å². The largest absolute Gasteiger partial charge is 0.381 e. The number of nitrogens with zero attached hydrogens (tertiary/aromatic N) is 1. The molecule has 0 aliphatic carbocycles. The van der Waals surface area contributed by atoms with Gasteiger partial charge in [-0.2, -0.15) is 0 Å². The van der Waals surface area contributed by atoms with Crippen molar-refractivity contribution in [2.75, 3.05) is 39.9 Å². The molecule has 1 heterocycles. The van der Waals surface area contributed by atoms with Crippen LogP contribution in [-0.4, -0.2) is 50.8 Å². The molecule has 1 N–H and O–H groups in total. The monoisotopic (exact) mass is 242 g/mol. The van der Waals surface area contributed by atoms with Crippen LogP contribution in [0.15, 0.2) is 0 Å². The fourth-order valence-corrected chi connectivity index (χ4v) is 2.53. The average molecular weight is 242 g/mol. The lowest BCUT2D eigenvalue weighted by Crippen LogP contribution is -2.45. The second-order valence-corrected chi connectivity index (χ2v) is 5.38. The number of ether oxygens (including phenoxy) is 1. The minimum Gasteiger partial charge on any atom is -0.381 e. The summed E-state index contributed by atoms with van der Waals surface area (Å²) in [5.74, 6) is 1.50. The van der Waals surface area contributed by atoms with E-state index in [0.717, 1.165) is 32.2 Å². The first-order valence-electron chi connectivity index (χ1n) is 7.18. The number of hydrogen-bond donors (Lipinski definition) is 1. The minimum atomic E-state index is 0.585. The summed E-state index contributed by atoms with van der Waals surface area (Å²) in [6, 6.07) is 0.585. The summed E-state index contributed by atoms with van der Waals surface area (Å²) in [5, 5.41) is 3.48. The van der Waals surface area contributed by atoms with E-state index in [1.165, 1.54) is 19.4 Å². The van der Waals surface area contributed by atoms with E-state index < -0.39 is 0 Å². The first-order chi connectivity index (χ1) is 8.21. The lowest BCUT2D eigenvalue weighted by atomic mass is 9.98. The fraction of sp³-hybridized carbons (Fsp3) is 1.00. The number of rotatable bonds is 8. The molecular weight excluding hydrogens is 212 g/mol. The van der Waals surface area contributed by atoms with Crippen molar-refractivity contribution in [2.45, 2.75) is 39.7 Å². The second-order valence-electron chi connectivity index (χ2n) is 5.38. The van der Waals surface area contributed by atoms with E-state index in [-0.39, 0.29) is 0 Å². The topological polar surface area (TPSA) is 24.5 Å². The van der Waals surface area contributed by atoms with Gasteiger partial charge in [-0.05, 0) is 25.9 Å². The molecule has 0 aromatic rings. The van der Waals surface area contributed by atoms with Crippen molar-refractivity contribution >= 4 is 0 Å². The Hall–Kier alpha value is -0.120. The second kappa shape index (κ2) is 8.06. The maximum absolute atomic E-state index is 5.50. The van der Waals surface area contributed by atoms with Crippen LogP contribution in [0.5, 0.6) is 0 Å². The summed E-state index contributed by atoms with van der Waals surface area (Å²) in [6.07, 6.45) is 2.49. The fourth-order valence-electron chi connectivity index (χ4n) is 2.53. The Bertz CT molecular complexity index is 193. The van der Waals surface area contributed by atoms with Crippen LogP contribution >= 0.6 is 0 Å². The van der Waals surface area contributed by atoms with E-state index in [1.54, 1.807) is 0 Å². The molecule has 17 heavy (non-hydrogen) atoms. The minimum absolute atomic E-state index is 0.585. The first-order valence-corrected chi connectivity index (χ1v) is 7.18. The molecule has 1 aliphatic heterocycles. The van der Waals surface area contributed by atoms with Gasteiger partial charge >= 0.3 is 0 Å². The van der Waals surface area contributed by atoms with Crippen molar-refractivity contribution in [2.24, 2.45) is 11.8 Å². The molecule has 0 radical (unpaired) electrons. The molecule has 3 unspecified atom stereocenters. The molecule has 3 atom stereocenters. The van der Waals surface area contributed by atoms with Gasteiger partial charge in [-0.3, -0.25) is 0 Å². The van der Waals surface area contributed by atoms with Gasteiger partial charge in [-0.15, -0.1) is 0 Å². The molecule has 0 spiro atoms. The Labute approximate surface area is 107 Å². The third kappa shape index (κ3) is 4.94. The summed E-state index contributed by atoms with van der Waals surface area (Å²) < 4.78 is 5.50. The zero-order chi connectivity index (χ0) is 12.7. The molecule has 1 saturated heterocycles. The number of hydrogen-bond acceptors (Lipinski definition) is 3. The molecule has 0 aromatic carbocycles. The smallest absolute Gasteiger partial charge is 0.0510 e. The maximum Gasteiger partial charge on any atom is 0.0510 e. The normalized spacial score (nSPS) is 24.2. The van der Waals surface area contributed by atoms with Crippen molar-refractivity contribution in [1.82, 2.24) is 10.2 Å². The van der Waals surface area contributed by atoms with Crippen LogP contribution in [0.4, 0.5) is 0 Å². The third-order valence-electron chi connectivity index (χ3n) is 4.07. The highest BCUT2D eigenvalue weighted by molar-refractivity contribution is 4.81. The Balaban J connectivity index is 2.40. The van der Waals surface area contributed by atoms with E-state index in [0.29, 0.717) is 12.0 Å². The van der Waals surface area contributed by atoms with Crippen molar-refractivity contribution < 1.29 is 4.74 Å². The van der Waals surface area contributed by atoms with Gasteiger partial charge in [0, 0.05) is 31.7 Å². The Morgan fingerprint density at radius 2 is 2.12 bits per heavy atom. The molecule has 1 fully saturated rings. The molecular formula is C14H30N2O. The lowest BCUT2D eigenvalue weighted by molar-refractivity contribution is 0.159. The van der Waals surface area contributed by atoms with E-state index >= 15 is 0 Å². The highest BCUT2D eigenvalue weighted by Gasteiger charge is 2.26. The van der Waals surface area contributed by atoms with Crippen LogP contribution < -0.4 is 5.32 Å². The van der Waals surface area contributed by atoms with Crippen LogP contribution in [0, 0.1) is 11.8 Å². The zero-order valence-electron chi connectivity index (χ0n) is 12.0.